The van der Waals surface area contributed by atoms with Crippen LogP contribution in [0.15, 0.2) is 22.7 Å². The number of nitrogens with one attached hydrogen (secondary N) is 1. The van der Waals surface area contributed by atoms with Crippen molar-refractivity contribution < 1.29 is 4.79 Å². The Balaban J connectivity index is 2.02. The predicted molar refractivity (Wildman–Crippen MR) is 62.0 cm³/mol. The third-order valence-corrected chi connectivity index (χ3v) is 3.60. The van der Waals surface area contributed by atoms with Gasteiger partial charge in [-0.2, -0.15) is 0 Å². The molecule has 1 aromatic carbocycles. The van der Waals surface area contributed by atoms with Gasteiger partial charge >= 0.3 is 0 Å². The molecule has 3 rings (SSSR count). The lowest BCUT2D eigenvalue weighted by Crippen LogP contribution is -2.52. The Morgan fingerprint density at radius 1 is 1.47 bits per heavy atom. The first-order valence-electron chi connectivity index (χ1n) is 5.06. The number of rotatable bonds is 0. The number of hydrogen-bond donors (Lipinski definition) is 1. The van der Waals surface area contributed by atoms with E-state index in [4.69, 9.17) is 0 Å². The summed E-state index contributed by atoms with van der Waals surface area (Å²) in [4.78, 5) is 13.5. The number of carbonyl (C=O) groups is 1. The maximum absolute atomic E-state index is 11.3. The lowest BCUT2D eigenvalue weighted by atomic mass is 10.1. The van der Waals surface area contributed by atoms with E-state index >= 15 is 0 Å². The van der Waals surface area contributed by atoms with Gasteiger partial charge in [0, 0.05) is 16.7 Å². The average molecular weight is 267 g/mol. The molecule has 0 aromatic heterocycles. The van der Waals surface area contributed by atoms with Crippen LogP contribution >= 0.6 is 15.9 Å². The summed E-state index contributed by atoms with van der Waals surface area (Å²) < 4.78 is 1.08. The summed E-state index contributed by atoms with van der Waals surface area (Å²) in [5, 5.41) is 2.91. The molecule has 3 nitrogen and oxygen atoms in total. The highest BCUT2D eigenvalue weighted by atomic mass is 79.9. The average Bonchev–Trinajstić information content (AvgIpc) is 2.56. The van der Waals surface area contributed by atoms with Crippen LogP contribution in [0.2, 0.25) is 0 Å². The fraction of sp³-hybridized carbons (Fsp3) is 0.364. The Morgan fingerprint density at radius 3 is 3.20 bits per heavy atom. The first-order chi connectivity index (χ1) is 7.24. The Labute approximate surface area is 96.6 Å². The zero-order valence-electron chi connectivity index (χ0n) is 8.16. The summed E-state index contributed by atoms with van der Waals surface area (Å²) in [6.45, 7) is 1.26. The van der Waals surface area contributed by atoms with Crippen LogP contribution in [-0.2, 0) is 11.2 Å². The Morgan fingerprint density at radius 2 is 2.33 bits per heavy atom. The van der Waals surface area contributed by atoms with Crippen molar-refractivity contribution in [2.45, 2.75) is 12.5 Å². The van der Waals surface area contributed by atoms with Gasteiger partial charge in [0.25, 0.3) is 0 Å². The molecule has 1 saturated heterocycles. The van der Waals surface area contributed by atoms with E-state index < -0.39 is 0 Å². The first kappa shape index (κ1) is 9.21. The number of piperazine rings is 1. The predicted octanol–water partition coefficient (Wildman–Crippen LogP) is 1.31. The van der Waals surface area contributed by atoms with Gasteiger partial charge in [-0.25, -0.2) is 0 Å². The number of amides is 1. The molecule has 0 bridgehead atoms. The quantitative estimate of drug-likeness (QED) is 0.768. The van der Waals surface area contributed by atoms with E-state index in [1.807, 2.05) is 0 Å². The molecule has 0 spiro atoms. The minimum Gasteiger partial charge on any atom is -0.357 e. The number of hydrogen-bond acceptors (Lipinski definition) is 2. The molecule has 4 heteroatoms. The monoisotopic (exact) mass is 266 g/mol. The number of nitrogens with zero attached hydrogens (tertiary/aromatic N) is 1. The van der Waals surface area contributed by atoms with E-state index in [1.54, 1.807) is 0 Å². The molecule has 2 aliphatic heterocycles. The van der Waals surface area contributed by atoms with Crippen LogP contribution in [-0.4, -0.2) is 25.0 Å². The van der Waals surface area contributed by atoms with Crippen molar-refractivity contribution in [3.05, 3.63) is 28.2 Å². The highest BCUT2D eigenvalue weighted by Crippen LogP contribution is 2.34. The summed E-state index contributed by atoms with van der Waals surface area (Å²) in [5.41, 5.74) is 2.56. The molecule has 1 fully saturated rings. The second-order valence-electron chi connectivity index (χ2n) is 4.06. The minimum atomic E-state index is 0.124. The van der Waals surface area contributed by atoms with Gasteiger partial charge in [-0.1, -0.05) is 22.0 Å². The molecule has 0 saturated carbocycles. The number of fused-ring (bicyclic) bond motifs is 3. The second-order valence-corrected chi connectivity index (χ2v) is 4.98. The summed E-state index contributed by atoms with van der Waals surface area (Å²) in [6.07, 6.45) is 1.04. The Bertz CT molecular complexity index is 433. The van der Waals surface area contributed by atoms with E-state index in [2.05, 4.69) is 44.3 Å². The zero-order valence-corrected chi connectivity index (χ0v) is 9.75. The smallest absolute Gasteiger partial charge is 0.239 e. The van der Waals surface area contributed by atoms with Crippen LogP contribution in [0.25, 0.3) is 0 Å². The van der Waals surface area contributed by atoms with E-state index in [9.17, 15) is 4.79 Å². The van der Waals surface area contributed by atoms with Gasteiger partial charge in [0.2, 0.25) is 5.91 Å². The van der Waals surface area contributed by atoms with Crippen LogP contribution in [0.1, 0.15) is 5.56 Å². The highest BCUT2D eigenvalue weighted by Gasteiger charge is 2.33. The van der Waals surface area contributed by atoms with Crippen molar-refractivity contribution in [2.75, 3.05) is 18.0 Å². The van der Waals surface area contributed by atoms with Crippen molar-refractivity contribution >= 4 is 27.5 Å². The van der Waals surface area contributed by atoms with Gasteiger partial charge in [0.15, 0.2) is 0 Å². The molecule has 78 valence electrons. The van der Waals surface area contributed by atoms with Gasteiger partial charge in [0.05, 0.1) is 12.6 Å². The van der Waals surface area contributed by atoms with E-state index in [0.29, 0.717) is 12.6 Å². The zero-order chi connectivity index (χ0) is 10.4. The van der Waals surface area contributed by atoms with Crippen LogP contribution in [0, 0.1) is 0 Å². The molecule has 15 heavy (non-hydrogen) atoms. The van der Waals surface area contributed by atoms with Gasteiger partial charge in [-0.05, 0) is 24.1 Å². The van der Waals surface area contributed by atoms with E-state index in [0.717, 1.165) is 17.4 Å². The first-order valence-corrected chi connectivity index (χ1v) is 5.85. The molecular formula is C11H11BrN2O. The van der Waals surface area contributed by atoms with Crippen molar-refractivity contribution in [3.63, 3.8) is 0 Å². The van der Waals surface area contributed by atoms with Crippen LogP contribution in [0.5, 0.6) is 0 Å². The molecule has 1 amide bonds. The second kappa shape index (κ2) is 3.23. The fourth-order valence-electron chi connectivity index (χ4n) is 2.38. The topological polar surface area (TPSA) is 32.3 Å². The largest absolute Gasteiger partial charge is 0.357 e. The molecule has 2 aliphatic rings. The van der Waals surface area contributed by atoms with Gasteiger partial charge in [-0.3, -0.25) is 4.79 Å². The number of anilines is 1. The SMILES string of the molecule is O=C1CN2c3cc(Br)ccc3CC2CN1. The van der Waals surface area contributed by atoms with Crippen molar-refractivity contribution in [2.24, 2.45) is 0 Å². The molecule has 1 atom stereocenters. The van der Waals surface area contributed by atoms with Gasteiger partial charge in [-0.15, -0.1) is 0 Å². The lowest BCUT2D eigenvalue weighted by Gasteiger charge is -2.31. The van der Waals surface area contributed by atoms with Crippen molar-refractivity contribution in [1.82, 2.24) is 5.32 Å². The van der Waals surface area contributed by atoms with E-state index in [1.165, 1.54) is 11.3 Å². The van der Waals surface area contributed by atoms with Gasteiger partial charge in [0.1, 0.15) is 0 Å². The molecule has 0 radical (unpaired) electrons. The fourth-order valence-corrected chi connectivity index (χ4v) is 2.73. The van der Waals surface area contributed by atoms with Crippen LogP contribution in [0.4, 0.5) is 5.69 Å². The number of carbonyl (C=O) groups excluding carboxylic acids is 1. The molecular weight excluding hydrogens is 256 g/mol. The number of benzene rings is 1. The van der Waals surface area contributed by atoms with Gasteiger partial charge < -0.3 is 10.2 Å². The summed E-state index contributed by atoms with van der Waals surface area (Å²) in [5.74, 6) is 0.124. The molecule has 0 aliphatic carbocycles. The van der Waals surface area contributed by atoms with Crippen molar-refractivity contribution in [1.29, 1.82) is 0 Å². The summed E-state index contributed by atoms with van der Waals surface area (Å²) in [7, 11) is 0. The summed E-state index contributed by atoms with van der Waals surface area (Å²) >= 11 is 3.47. The Kier molecular flexibility index (Phi) is 1.99. The standard InChI is InChI=1S/C11H11BrN2O/c12-8-2-1-7-3-9-5-13-11(15)6-14(9)10(7)4-8/h1-2,4,9H,3,5-6H2,(H,13,15). The highest BCUT2D eigenvalue weighted by molar-refractivity contribution is 9.10. The third kappa shape index (κ3) is 1.44. The van der Waals surface area contributed by atoms with Crippen LogP contribution < -0.4 is 10.2 Å². The molecule has 1 unspecified atom stereocenters. The van der Waals surface area contributed by atoms with Crippen LogP contribution in [0.3, 0.4) is 0 Å². The molecule has 2 heterocycles. The van der Waals surface area contributed by atoms with E-state index in [-0.39, 0.29) is 5.91 Å². The molecule has 1 N–H and O–H groups in total. The maximum Gasteiger partial charge on any atom is 0.239 e. The van der Waals surface area contributed by atoms with Crippen molar-refractivity contribution in [3.8, 4) is 0 Å². The minimum absolute atomic E-state index is 0.124. The normalized spacial score (nSPS) is 23.4. The maximum atomic E-state index is 11.3. The Hall–Kier alpha value is -1.03. The lowest BCUT2D eigenvalue weighted by molar-refractivity contribution is -0.120. The third-order valence-electron chi connectivity index (χ3n) is 3.10. The molecule has 1 aromatic rings. The number of halogens is 1. The summed E-state index contributed by atoms with van der Waals surface area (Å²) in [6, 6.07) is 6.76.